The number of carbonyl (C=O) groups is 1. The molecule has 1 N–H and O–H groups in total. The highest BCUT2D eigenvalue weighted by Crippen LogP contribution is 2.15. The van der Waals surface area contributed by atoms with E-state index in [0.717, 1.165) is 25.1 Å². The van der Waals surface area contributed by atoms with Gasteiger partial charge in [0.15, 0.2) is 0 Å². The van der Waals surface area contributed by atoms with E-state index in [1.54, 1.807) is 12.1 Å². The second-order valence-electron chi connectivity index (χ2n) is 3.20. The molecule has 2 rings (SSSR count). The third-order valence-electron chi connectivity index (χ3n) is 2.33. The maximum absolute atomic E-state index is 10.6. The van der Waals surface area contributed by atoms with Crippen LogP contribution in [0, 0.1) is 0 Å². The van der Waals surface area contributed by atoms with Crippen molar-refractivity contribution in [3.05, 3.63) is 34.9 Å². The number of rotatable bonds is 1. The predicted octanol–water partition coefficient (Wildman–Crippen LogP) is -0.304. The number of fused-ring (bicyclic) bond motifs is 1. The summed E-state index contributed by atoms with van der Waals surface area (Å²) < 4.78 is 0. The normalized spacial score (nSPS) is 15.1. The highest BCUT2D eigenvalue weighted by Gasteiger charge is 2.08. The van der Waals surface area contributed by atoms with Crippen LogP contribution < -0.4 is 10.4 Å². The third kappa shape index (κ3) is 1.55. The van der Waals surface area contributed by atoms with Gasteiger partial charge in [-0.2, -0.15) is 0 Å². The van der Waals surface area contributed by atoms with Crippen molar-refractivity contribution in [1.82, 2.24) is 5.32 Å². The quantitative estimate of drug-likeness (QED) is 0.639. The van der Waals surface area contributed by atoms with E-state index in [1.165, 1.54) is 5.56 Å². The smallest absolute Gasteiger partial charge is 0.0715 e. The van der Waals surface area contributed by atoms with E-state index in [0.29, 0.717) is 0 Å². The maximum Gasteiger partial charge on any atom is 0.0715 e. The van der Waals surface area contributed by atoms with Gasteiger partial charge in [0, 0.05) is 6.54 Å². The number of aromatic carboxylic acids is 1. The average Bonchev–Trinajstić information content (AvgIpc) is 2.17. The van der Waals surface area contributed by atoms with Crippen LogP contribution in [0.5, 0.6) is 0 Å². The molecule has 0 atom stereocenters. The third-order valence-corrected chi connectivity index (χ3v) is 2.33. The zero-order chi connectivity index (χ0) is 9.26. The molecule has 1 heterocycles. The maximum atomic E-state index is 10.6. The SMILES string of the molecule is O=C([O-])c1ccc2c(c1)CNCC2. The van der Waals surface area contributed by atoms with Crippen LogP contribution in [0.15, 0.2) is 18.2 Å². The van der Waals surface area contributed by atoms with E-state index in [4.69, 9.17) is 0 Å². The molecule has 1 aliphatic rings. The van der Waals surface area contributed by atoms with E-state index < -0.39 is 5.97 Å². The Kier molecular flexibility index (Phi) is 2.02. The van der Waals surface area contributed by atoms with Gasteiger partial charge in [0.2, 0.25) is 0 Å². The Morgan fingerprint density at radius 3 is 3.00 bits per heavy atom. The molecule has 1 aliphatic heterocycles. The average molecular weight is 176 g/mol. The molecule has 0 amide bonds. The van der Waals surface area contributed by atoms with Crippen LogP contribution in [0.25, 0.3) is 0 Å². The van der Waals surface area contributed by atoms with Gasteiger partial charge in [-0.1, -0.05) is 12.1 Å². The molecule has 0 aliphatic carbocycles. The molecule has 3 nitrogen and oxygen atoms in total. The second-order valence-corrected chi connectivity index (χ2v) is 3.20. The minimum atomic E-state index is -1.10. The van der Waals surface area contributed by atoms with Gasteiger partial charge in [-0.15, -0.1) is 0 Å². The first-order chi connectivity index (χ1) is 6.27. The van der Waals surface area contributed by atoms with E-state index in [9.17, 15) is 9.90 Å². The van der Waals surface area contributed by atoms with Gasteiger partial charge in [-0.25, -0.2) is 0 Å². The van der Waals surface area contributed by atoms with Gasteiger partial charge in [-0.05, 0) is 35.7 Å². The fourth-order valence-electron chi connectivity index (χ4n) is 1.61. The lowest BCUT2D eigenvalue weighted by atomic mass is 9.99. The summed E-state index contributed by atoms with van der Waals surface area (Å²) in [6.07, 6.45) is 0.975. The van der Waals surface area contributed by atoms with E-state index in [2.05, 4.69) is 5.32 Å². The summed E-state index contributed by atoms with van der Waals surface area (Å²) in [5.41, 5.74) is 2.58. The van der Waals surface area contributed by atoms with Crippen molar-refractivity contribution in [2.45, 2.75) is 13.0 Å². The van der Waals surface area contributed by atoms with Gasteiger partial charge in [0.1, 0.15) is 0 Å². The van der Waals surface area contributed by atoms with Gasteiger partial charge >= 0.3 is 0 Å². The molecule has 3 heteroatoms. The monoisotopic (exact) mass is 176 g/mol. The lowest BCUT2D eigenvalue weighted by Gasteiger charge is -2.17. The topological polar surface area (TPSA) is 52.2 Å². The molecule has 0 fully saturated rings. The number of carboxylic acids is 1. The van der Waals surface area contributed by atoms with Crippen molar-refractivity contribution in [3.8, 4) is 0 Å². The fourth-order valence-corrected chi connectivity index (χ4v) is 1.61. The summed E-state index contributed by atoms with van der Waals surface area (Å²) in [7, 11) is 0. The summed E-state index contributed by atoms with van der Waals surface area (Å²) in [5, 5.41) is 13.7. The summed E-state index contributed by atoms with van der Waals surface area (Å²) in [6, 6.07) is 5.18. The first kappa shape index (κ1) is 8.26. The molecular weight excluding hydrogens is 166 g/mol. The minimum absolute atomic E-state index is 0.266. The number of hydrogen-bond acceptors (Lipinski definition) is 3. The van der Waals surface area contributed by atoms with Crippen molar-refractivity contribution >= 4 is 5.97 Å². The molecule has 0 radical (unpaired) electrons. The molecule has 1 aromatic carbocycles. The first-order valence-corrected chi connectivity index (χ1v) is 4.31. The molecule has 1 aromatic rings. The number of benzene rings is 1. The van der Waals surface area contributed by atoms with Gasteiger partial charge in [-0.3, -0.25) is 0 Å². The Morgan fingerprint density at radius 2 is 2.23 bits per heavy atom. The van der Waals surface area contributed by atoms with E-state index in [-0.39, 0.29) is 5.56 Å². The van der Waals surface area contributed by atoms with Crippen LogP contribution in [0.3, 0.4) is 0 Å². The summed E-state index contributed by atoms with van der Waals surface area (Å²) in [6.45, 7) is 1.73. The van der Waals surface area contributed by atoms with Crippen molar-refractivity contribution in [2.24, 2.45) is 0 Å². The van der Waals surface area contributed by atoms with Gasteiger partial charge in [0.25, 0.3) is 0 Å². The van der Waals surface area contributed by atoms with Gasteiger partial charge < -0.3 is 15.2 Å². The van der Waals surface area contributed by atoms with Crippen molar-refractivity contribution < 1.29 is 9.90 Å². The van der Waals surface area contributed by atoms with Gasteiger partial charge in [0.05, 0.1) is 5.97 Å². The Balaban J connectivity index is 2.40. The van der Waals surface area contributed by atoms with Crippen LogP contribution in [0.2, 0.25) is 0 Å². The van der Waals surface area contributed by atoms with Crippen molar-refractivity contribution in [3.63, 3.8) is 0 Å². The second kappa shape index (κ2) is 3.18. The van der Waals surface area contributed by atoms with Crippen LogP contribution >= 0.6 is 0 Å². The molecule has 0 saturated heterocycles. The number of carbonyl (C=O) groups excluding carboxylic acids is 1. The number of nitrogens with one attached hydrogen (secondary N) is 1. The first-order valence-electron chi connectivity index (χ1n) is 4.31. The van der Waals surface area contributed by atoms with E-state index in [1.807, 2.05) is 6.07 Å². The Labute approximate surface area is 76.4 Å². The Morgan fingerprint density at radius 1 is 1.38 bits per heavy atom. The molecule has 68 valence electrons. The summed E-state index contributed by atoms with van der Waals surface area (Å²) in [4.78, 5) is 10.6. The standard InChI is InChI=1S/C10H11NO2/c12-10(13)8-2-1-7-3-4-11-6-9(7)5-8/h1-2,5,11H,3-4,6H2,(H,12,13)/p-1. The molecule has 0 unspecified atom stereocenters. The molecule has 0 spiro atoms. The number of hydrogen-bond donors (Lipinski definition) is 1. The molecule has 13 heavy (non-hydrogen) atoms. The lowest BCUT2D eigenvalue weighted by molar-refractivity contribution is -0.255. The van der Waals surface area contributed by atoms with Crippen LogP contribution in [0.4, 0.5) is 0 Å². The van der Waals surface area contributed by atoms with Crippen molar-refractivity contribution in [1.29, 1.82) is 0 Å². The molecular formula is C10H10NO2-. The predicted molar refractivity (Wildman–Crippen MR) is 46.2 cm³/mol. The fraction of sp³-hybridized carbons (Fsp3) is 0.300. The van der Waals surface area contributed by atoms with Crippen LogP contribution in [-0.2, 0) is 13.0 Å². The Bertz CT molecular complexity index is 347. The number of carboxylic acid groups (broad SMARTS) is 1. The van der Waals surface area contributed by atoms with Crippen molar-refractivity contribution in [2.75, 3.05) is 6.54 Å². The summed E-state index contributed by atoms with van der Waals surface area (Å²) in [5.74, 6) is -1.10. The van der Waals surface area contributed by atoms with Crippen LogP contribution in [-0.4, -0.2) is 12.5 Å². The highest BCUT2D eigenvalue weighted by molar-refractivity contribution is 5.86. The van der Waals surface area contributed by atoms with E-state index >= 15 is 0 Å². The molecule has 0 saturated carbocycles. The lowest BCUT2D eigenvalue weighted by Crippen LogP contribution is -2.26. The van der Waals surface area contributed by atoms with Crippen LogP contribution in [0.1, 0.15) is 21.5 Å². The Hall–Kier alpha value is -1.35. The zero-order valence-corrected chi connectivity index (χ0v) is 7.17. The molecule has 0 bridgehead atoms. The zero-order valence-electron chi connectivity index (χ0n) is 7.17. The minimum Gasteiger partial charge on any atom is -0.545 e. The molecule has 0 aromatic heterocycles. The largest absolute Gasteiger partial charge is 0.545 e. The summed E-state index contributed by atoms with van der Waals surface area (Å²) >= 11 is 0. The highest BCUT2D eigenvalue weighted by atomic mass is 16.4.